The Kier molecular flexibility index (Phi) is 5.06. The van der Waals surface area contributed by atoms with Crippen LogP contribution in [-0.4, -0.2) is 34.5 Å². The smallest absolute Gasteiger partial charge is 0.303 e. The van der Waals surface area contributed by atoms with Crippen LogP contribution in [0.5, 0.6) is 0 Å². The van der Waals surface area contributed by atoms with Gasteiger partial charge in [0.25, 0.3) is 0 Å². The first-order valence-electron chi connectivity index (χ1n) is 8.04. The lowest BCUT2D eigenvalue weighted by atomic mass is 9.79. The van der Waals surface area contributed by atoms with Gasteiger partial charge in [-0.25, -0.2) is 0 Å². The Hall–Kier alpha value is -1.06. The maximum Gasteiger partial charge on any atom is 0.303 e. The average Bonchev–Trinajstić information content (AvgIpc) is 2.68. The lowest BCUT2D eigenvalue weighted by Gasteiger charge is -2.33. The van der Waals surface area contributed by atoms with Crippen LogP contribution in [0.3, 0.4) is 0 Å². The second-order valence-corrected chi connectivity index (χ2v) is 6.74. The Morgan fingerprint density at radius 3 is 2.45 bits per heavy atom. The summed E-state index contributed by atoms with van der Waals surface area (Å²) in [5.41, 5.74) is -0.269. The Morgan fingerprint density at radius 1 is 1.10 bits per heavy atom. The first-order chi connectivity index (χ1) is 9.52. The molecule has 4 heteroatoms. The number of carboxylic acid groups (broad SMARTS) is 1. The number of amides is 1. The Labute approximate surface area is 121 Å². The number of carbonyl (C=O) groups excluding carboxylic acids is 1. The zero-order valence-electron chi connectivity index (χ0n) is 12.6. The average molecular weight is 281 g/mol. The lowest BCUT2D eigenvalue weighted by Crippen LogP contribution is -2.41. The second kappa shape index (κ2) is 6.59. The van der Waals surface area contributed by atoms with E-state index in [0.717, 1.165) is 45.1 Å². The lowest BCUT2D eigenvalue weighted by molar-refractivity contribution is -0.142. The van der Waals surface area contributed by atoms with Crippen molar-refractivity contribution in [2.75, 3.05) is 6.54 Å². The molecule has 0 bridgehead atoms. The quantitative estimate of drug-likeness (QED) is 0.861. The molecule has 20 heavy (non-hydrogen) atoms. The Bertz CT molecular complexity index is 361. The number of carbonyl (C=O) groups is 2. The molecule has 1 amide bonds. The van der Waals surface area contributed by atoms with Gasteiger partial charge in [0.05, 0.1) is 6.42 Å². The van der Waals surface area contributed by atoms with Gasteiger partial charge in [-0.3, -0.25) is 9.59 Å². The molecule has 4 nitrogen and oxygen atoms in total. The standard InChI is InChI=1S/C16H27NO3/c1-13-7-3-2-6-10-17(13)14(18)11-16(12-15(19)20)8-4-5-9-16/h13H,2-12H2,1H3,(H,19,20). The van der Waals surface area contributed by atoms with Crippen molar-refractivity contribution in [2.24, 2.45) is 5.41 Å². The van der Waals surface area contributed by atoms with Gasteiger partial charge < -0.3 is 10.0 Å². The molecule has 1 saturated heterocycles. The van der Waals surface area contributed by atoms with E-state index in [4.69, 9.17) is 5.11 Å². The van der Waals surface area contributed by atoms with Crippen molar-refractivity contribution in [2.45, 2.75) is 77.2 Å². The summed E-state index contributed by atoms with van der Waals surface area (Å²) in [7, 11) is 0. The molecule has 114 valence electrons. The van der Waals surface area contributed by atoms with Gasteiger partial charge >= 0.3 is 5.97 Å². The predicted molar refractivity (Wildman–Crippen MR) is 77.4 cm³/mol. The van der Waals surface area contributed by atoms with Crippen LogP contribution < -0.4 is 0 Å². The monoisotopic (exact) mass is 281 g/mol. The van der Waals surface area contributed by atoms with Gasteiger partial charge in [-0.1, -0.05) is 25.7 Å². The zero-order valence-corrected chi connectivity index (χ0v) is 12.6. The van der Waals surface area contributed by atoms with Crippen molar-refractivity contribution in [1.82, 2.24) is 4.90 Å². The van der Waals surface area contributed by atoms with E-state index in [0.29, 0.717) is 12.5 Å². The first-order valence-corrected chi connectivity index (χ1v) is 8.04. The fourth-order valence-corrected chi connectivity index (χ4v) is 3.93. The third-order valence-corrected chi connectivity index (χ3v) is 5.09. The van der Waals surface area contributed by atoms with Gasteiger partial charge in [0.2, 0.25) is 5.91 Å². The highest BCUT2D eigenvalue weighted by Gasteiger charge is 2.39. The molecule has 0 aromatic carbocycles. The fraction of sp³-hybridized carbons (Fsp3) is 0.875. The molecule has 1 aliphatic carbocycles. The minimum Gasteiger partial charge on any atom is -0.481 e. The number of aliphatic carboxylic acids is 1. The maximum atomic E-state index is 12.6. The van der Waals surface area contributed by atoms with E-state index in [-0.39, 0.29) is 17.7 Å². The van der Waals surface area contributed by atoms with Crippen molar-refractivity contribution in [3.05, 3.63) is 0 Å². The van der Waals surface area contributed by atoms with E-state index < -0.39 is 5.97 Å². The fourth-order valence-electron chi connectivity index (χ4n) is 3.93. The normalized spacial score (nSPS) is 26.2. The molecule has 2 aliphatic rings. The number of nitrogens with zero attached hydrogens (tertiary/aromatic N) is 1. The van der Waals surface area contributed by atoms with Gasteiger partial charge in [-0.2, -0.15) is 0 Å². The molecule has 2 rings (SSSR count). The van der Waals surface area contributed by atoms with Gasteiger partial charge in [0, 0.05) is 19.0 Å². The molecule has 1 unspecified atom stereocenters. The van der Waals surface area contributed by atoms with Crippen LogP contribution in [0.2, 0.25) is 0 Å². The summed E-state index contributed by atoms with van der Waals surface area (Å²) in [4.78, 5) is 25.8. The highest BCUT2D eigenvalue weighted by atomic mass is 16.4. The second-order valence-electron chi connectivity index (χ2n) is 6.74. The largest absolute Gasteiger partial charge is 0.481 e. The minimum atomic E-state index is -0.761. The molecule has 1 N–H and O–H groups in total. The van der Waals surface area contributed by atoms with Gasteiger partial charge in [-0.05, 0) is 38.0 Å². The first kappa shape index (κ1) is 15.3. The van der Waals surface area contributed by atoms with Crippen LogP contribution in [0.25, 0.3) is 0 Å². The minimum absolute atomic E-state index is 0.154. The number of rotatable bonds is 4. The topological polar surface area (TPSA) is 57.6 Å². The predicted octanol–water partition coefficient (Wildman–Crippen LogP) is 3.20. The van der Waals surface area contributed by atoms with Crippen LogP contribution in [0.1, 0.15) is 71.1 Å². The third-order valence-electron chi connectivity index (χ3n) is 5.09. The van der Waals surface area contributed by atoms with Crippen LogP contribution >= 0.6 is 0 Å². The summed E-state index contributed by atoms with van der Waals surface area (Å²) in [6.45, 7) is 2.98. The summed E-state index contributed by atoms with van der Waals surface area (Å²) >= 11 is 0. The molecular weight excluding hydrogens is 254 g/mol. The van der Waals surface area contributed by atoms with Crippen molar-refractivity contribution in [3.8, 4) is 0 Å². The molecule has 0 aromatic heterocycles. The summed E-state index contributed by atoms with van der Waals surface area (Å²) in [6, 6.07) is 0.313. The SMILES string of the molecule is CC1CCCCCN1C(=O)CC1(CC(=O)O)CCCC1. The van der Waals surface area contributed by atoms with E-state index >= 15 is 0 Å². The molecule has 2 fully saturated rings. The maximum absolute atomic E-state index is 12.6. The van der Waals surface area contributed by atoms with Crippen molar-refractivity contribution in [3.63, 3.8) is 0 Å². The molecule has 1 saturated carbocycles. The third kappa shape index (κ3) is 3.74. The van der Waals surface area contributed by atoms with E-state index in [1.165, 1.54) is 12.8 Å². The molecule has 1 atom stereocenters. The van der Waals surface area contributed by atoms with Crippen LogP contribution in [0.15, 0.2) is 0 Å². The molecule has 0 aromatic rings. The number of likely N-dealkylation sites (tertiary alicyclic amines) is 1. The Balaban J connectivity index is 2.02. The van der Waals surface area contributed by atoms with Crippen molar-refractivity contribution in [1.29, 1.82) is 0 Å². The van der Waals surface area contributed by atoms with Crippen LogP contribution in [0.4, 0.5) is 0 Å². The molecule has 1 aliphatic heterocycles. The highest BCUT2D eigenvalue weighted by molar-refractivity contribution is 5.78. The van der Waals surface area contributed by atoms with Crippen molar-refractivity contribution >= 4 is 11.9 Å². The molecule has 1 heterocycles. The van der Waals surface area contributed by atoms with E-state index in [2.05, 4.69) is 6.92 Å². The van der Waals surface area contributed by atoms with Crippen molar-refractivity contribution < 1.29 is 14.7 Å². The molecular formula is C16H27NO3. The summed E-state index contributed by atoms with van der Waals surface area (Å²) in [5, 5.41) is 9.13. The highest BCUT2D eigenvalue weighted by Crippen LogP contribution is 2.44. The van der Waals surface area contributed by atoms with E-state index in [1.54, 1.807) is 0 Å². The van der Waals surface area contributed by atoms with E-state index in [1.807, 2.05) is 4.90 Å². The number of hydrogen-bond donors (Lipinski definition) is 1. The zero-order chi connectivity index (χ0) is 14.6. The van der Waals surface area contributed by atoms with E-state index in [9.17, 15) is 9.59 Å². The number of carboxylic acids is 1. The number of hydrogen-bond acceptors (Lipinski definition) is 2. The van der Waals surface area contributed by atoms with Gasteiger partial charge in [0.15, 0.2) is 0 Å². The van der Waals surface area contributed by atoms with Crippen LogP contribution in [0, 0.1) is 5.41 Å². The molecule has 0 radical (unpaired) electrons. The summed E-state index contributed by atoms with van der Waals surface area (Å²) in [6.07, 6.45) is 9.08. The van der Waals surface area contributed by atoms with Crippen LogP contribution in [-0.2, 0) is 9.59 Å². The van der Waals surface area contributed by atoms with Gasteiger partial charge in [0.1, 0.15) is 0 Å². The molecule has 0 spiro atoms. The summed E-state index contributed by atoms with van der Waals surface area (Å²) < 4.78 is 0. The summed E-state index contributed by atoms with van der Waals surface area (Å²) in [5.74, 6) is -0.578. The Morgan fingerprint density at radius 2 is 1.80 bits per heavy atom. The van der Waals surface area contributed by atoms with Gasteiger partial charge in [-0.15, -0.1) is 0 Å².